The van der Waals surface area contributed by atoms with E-state index in [1.807, 2.05) is 0 Å². The lowest BCUT2D eigenvalue weighted by Crippen LogP contribution is -2.31. The summed E-state index contributed by atoms with van der Waals surface area (Å²) in [5.74, 6) is 0.418. The summed E-state index contributed by atoms with van der Waals surface area (Å²) in [6, 6.07) is 3.24. The molecule has 1 aromatic rings. The van der Waals surface area contributed by atoms with Gasteiger partial charge in [0.2, 0.25) is 0 Å². The highest BCUT2D eigenvalue weighted by atomic mass is 16.3. The van der Waals surface area contributed by atoms with Gasteiger partial charge in [-0.1, -0.05) is 39.0 Å². The normalized spacial score (nSPS) is 15.2. The lowest BCUT2D eigenvalue weighted by Gasteiger charge is -2.29. The number of nitrogens with zero attached hydrogens (tertiary/aromatic N) is 1. The average molecular weight is 277 g/mol. The summed E-state index contributed by atoms with van der Waals surface area (Å²) in [7, 11) is 0. The van der Waals surface area contributed by atoms with Gasteiger partial charge in [-0.05, 0) is 36.6 Å². The first kappa shape index (κ1) is 15.2. The molecule has 1 aliphatic heterocycles. The van der Waals surface area contributed by atoms with E-state index < -0.39 is 0 Å². The molecule has 0 aliphatic carbocycles. The van der Waals surface area contributed by atoms with Crippen molar-refractivity contribution in [3.8, 4) is 11.5 Å². The summed E-state index contributed by atoms with van der Waals surface area (Å²) >= 11 is 0. The number of phenols is 2. The number of hydrogen-bond donors (Lipinski definition) is 2. The van der Waals surface area contributed by atoms with Crippen LogP contribution < -0.4 is 0 Å². The van der Waals surface area contributed by atoms with Crippen molar-refractivity contribution in [2.75, 3.05) is 13.1 Å². The lowest BCUT2D eigenvalue weighted by atomic mass is 9.98. The molecule has 0 saturated heterocycles. The van der Waals surface area contributed by atoms with E-state index in [-0.39, 0.29) is 11.5 Å². The molecule has 0 radical (unpaired) electrons. The third-order valence-electron chi connectivity index (χ3n) is 4.20. The Bertz CT molecular complexity index is 431. The minimum Gasteiger partial charge on any atom is -0.508 e. The van der Waals surface area contributed by atoms with Crippen LogP contribution in [0.2, 0.25) is 0 Å². The molecule has 1 heterocycles. The quantitative estimate of drug-likeness (QED) is 0.745. The molecular formula is C17H27NO2. The Morgan fingerprint density at radius 1 is 1.05 bits per heavy atom. The van der Waals surface area contributed by atoms with E-state index in [0.717, 1.165) is 37.2 Å². The SMILES string of the molecule is CCCCCCCCN1CCc2c(O)cc(O)cc2C1. The van der Waals surface area contributed by atoms with Crippen molar-refractivity contribution in [3.05, 3.63) is 23.3 Å². The zero-order valence-electron chi connectivity index (χ0n) is 12.6. The van der Waals surface area contributed by atoms with Crippen molar-refractivity contribution in [2.45, 2.75) is 58.4 Å². The predicted molar refractivity (Wildman–Crippen MR) is 82.1 cm³/mol. The second-order valence-corrected chi connectivity index (χ2v) is 5.90. The van der Waals surface area contributed by atoms with Crippen molar-refractivity contribution in [3.63, 3.8) is 0 Å². The fourth-order valence-electron chi connectivity index (χ4n) is 3.03. The van der Waals surface area contributed by atoms with Crippen molar-refractivity contribution < 1.29 is 10.2 Å². The monoisotopic (exact) mass is 277 g/mol. The lowest BCUT2D eigenvalue weighted by molar-refractivity contribution is 0.245. The Morgan fingerprint density at radius 3 is 2.60 bits per heavy atom. The topological polar surface area (TPSA) is 43.7 Å². The second kappa shape index (κ2) is 7.53. The van der Waals surface area contributed by atoms with E-state index >= 15 is 0 Å². The van der Waals surface area contributed by atoms with Crippen LogP contribution in [-0.4, -0.2) is 28.2 Å². The summed E-state index contributed by atoms with van der Waals surface area (Å²) < 4.78 is 0. The van der Waals surface area contributed by atoms with E-state index in [9.17, 15) is 10.2 Å². The maximum absolute atomic E-state index is 9.84. The van der Waals surface area contributed by atoms with Gasteiger partial charge in [-0.2, -0.15) is 0 Å². The molecule has 3 nitrogen and oxygen atoms in total. The molecule has 0 aromatic heterocycles. The predicted octanol–water partition coefficient (Wildman–Crippen LogP) is 3.82. The highest BCUT2D eigenvalue weighted by Crippen LogP contribution is 2.31. The molecule has 0 bridgehead atoms. The van der Waals surface area contributed by atoms with Gasteiger partial charge in [-0.3, -0.25) is 4.90 Å². The average Bonchev–Trinajstić information content (AvgIpc) is 2.42. The zero-order valence-corrected chi connectivity index (χ0v) is 12.6. The molecular weight excluding hydrogens is 250 g/mol. The Balaban J connectivity index is 1.77. The molecule has 2 N–H and O–H groups in total. The van der Waals surface area contributed by atoms with Crippen LogP contribution in [0.1, 0.15) is 56.6 Å². The van der Waals surface area contributed by atoms with E-state index in [4.69, 9.17) is 0 Å². The van der Waals surface area contributed by atoms with Gasteiger partial charge >= 0.3 is 0 Å². The third kappa shape index (κ3) is 4.14. The van der Waals surface area contributed by atoms with Gasteiger partial charge in [0.15, 0.2) is 0 Å². The maximum atomic E-state index is 9.84. The van der Waals surface area contributed by atoms with Crippen LogP contribution in [0, 0.1) is 0 Å². The van der Waals surface area contributed by atoms with Crippen molar-refractivity contribution in [1.29, 1.82) is 0 Å². The van der Waals surface area contributed by atoms with Gasteiger partial charge in [-0.25, -0.2) is 0 Å². The zero-order chi connectivity index (χ0) is 14.4. The van der Waals surface area contributed by atoms with Crippen LogP contribution in [0.4, 0.5) is 0 Å². The standard InChI is InChI=1S/C17H27NO2/c1-2-3-4-5-6-7-9-18-10-8-16-14(13-18)11-15(19)12-17(16)20/h11-12,19-20H,2-10,13H2,1H3. The Hall–Kier alpha value is -1.22. The minimum atomic E-state index is 0.169. The van der Waals surface area contributed by atoms with Crippen LogP contribution in [0.25, 0.3) is 0 Å². The number of phenolic OH excluding ortho intramolecular Hbond substituents is 2. The fourth-order valence-corrected chi connectivity index (χ4v) is 3.03. The molecule has 2 rings (SSSR count). The number of benzene rings is 1. The van der Waals surface area contributed by atoms with Crippen LogP contribution in [0.3, 0.4) is 0 Å². The number of fused-ring (bicyclic) bond motifs is 1. The van der Waals surface area contributed by atoms with Crippen molar-refractivity contribution >= 4 is 0 Å². The number of unbranched alkanes of at least 4 members (excludes halogenated alkanes) is 5. The first-order valence-electron chi connectivity index (χ1n) is 7.96. The minimum absolute atomic E-state index is 0.169. The van der Waals surface area contributed by atoms with Crippen LogP contribution in [0.5, 0.6) is 11.5 Å². The van der Waals surface area contributed by atoms with Gasteiger partial charge in [0.25, 0.3) is 0 Å². The molecule has 0 unspecified atom stereocenters. The maximum Gasteiger partial charge on any atom is 0.122 e. The smallest absolute Gasteiger partial charge is 0.122 e. The van der Waals surface area contributed by atoms with Gasteiger partial charge in [-0.15, -0.1) is 0 Å². The van der Waals surface area contributed by atoms with Crippen LogP contribution in [-0.2, 0) is 13.0 Å². The Morgan fingerprint density at radius 2 is 1.80 bits per heavy atom. The third-order valence-corrected chi connectivity index (χ3v) is 4.20. The van der Waals surface area contributed by atoms with Gasteiger partial charge in [0.1, 0.15) is 11.5 Å². The van der Waals surface area contributed by atoms with Gasteiger partial charge in [0, 0.05) is 19.2 Å². The first-order chi connectivity index (χ1) is 9.70. The summed E-state index contributed by atoms with van der Waals surface area (Å²) in [6.45, 7) is 5.24. The van der Waals surface area contributed by atoms with Crippen molar-refractivity contribution in [1.82, 2.24) is 4.90 Å². The number of hydrogen-bond acceptors (Lipinski definition) is 3. The molecule has 0 saturated carbocycles. The van der Waals surface area contributed by atoms with Crippen LogP contribution in [0.15, 0.2) is 12.1 Å². The number of rotatable bonds is 7. The molecule has 1 aliphatic rings. The van der Waals surface area contributed by atoms with E-state index in [0.29, 0.717) is 0 Å². The molecule has 0 atom stereocenters. The van der Waals surface area contributed by atoms with Crippen LogP contribution >= 0.6 is 0 Å². The highest BCUT2D eigenvalue weighted by molar-refractivity contribution is 5.46. The number of aromatic hydroxyl groups is 2. The van der Waals surface area contributed by atoms with Gasteiger partial charge < -0.3 is 10.2 Å². The van der Waals surface area contributed by atoms with E-state index in [1.165, 1.54) is 44.6 Å². The van der Waals surface area contributed by atoms with Gasteiger partial charge in [0.05, 0.1) is 0 Å². The summed E-state index contributed by atoms with van der Waals surface area (Å²) in [5.41, 5.74) is 2.10. The summed E-state index contributed by atoms with van der Waals surface area (Å²) in [4.78, 5) is 2.43. The largest absolute Gasteiger partial charge is 0.508 e. The molecule has 0 fully saturated rings. The molecule has 3 heteroatoms. The molecule has 0 amide bonds. The molecule has 0 spiro atoms. The first-order valence-corrected chi connectivity index (χ1v) is 7.96. The second-order valence-electron chi connectivity index (χ2n) is 5.90. The summed E-state index contributed by atoms with van der Waals surface area (Å²) in [5, 5.41) is 19.4. The molecule has 20 heavy (non-hydrogen) atoms. The van der Waals surface area contributed by atoms with E-state index in [2.05, 4.69) is 11.8 Å². The van der Waals surface area contributed by atoms with Crippen molar-refractivity contribution in [2.24, 2.45) is 0 Å². The Labute approximate surface area is 122 Å². The van der Waals surface area contributed by atoms with E-state index in [1.54, 1.807) is 6.07 Å². The Kier molecular flexibility index (Phi) is 5.72. The molecule has 112 valence electrons. The highest BCUT2D eigenvalue weighted by Gasteiger charge is 2.19. The fraction of sp³-hybridized carbons (Fsp3) is 0.647. The molecule has 1 aromatic carbocycles. The summed E-state index contributed by atoms with van der Waals surface area (Å²) in [6.07, 6.45) is 8.82.